The lowest BCUT2D eigenvalue weighted by atomic mass is 9.97. The molecule has 22 heavy (non-hydrogen) atoms. The fraction of sp³-hybridized carbons (Fsp3) is 0.118. The Balaban J connectivity index is 2.44. The minimum Gasteiger partial charge on any atom is -0.463 e. The molecule has 2 aromatic rings. The number of nitrogens with zero attached hydrogens (tertiary/aromatic N) is 1. The first kappa shape index (κ1) is 15.4. The number of nitro groups is 1. The van der Waals surface area contributed by atoms with Crippen LogP contribution in [0.3, 0.4) is 0 Å². The van der Waals surface area contributed by atoms with Crippen LogP contribution in [-0.4, -0.2) is 17.5 Å². The Morgan fingerprint density at radius 3 is 2.23 bits per heavy atom. The third-order valence-electron chi connectivity index (χ3n) is 3.02. The summed E-state index contributed by atoms with van der Waals surface area (Å²) in [6.07, 6.45) is 1.40. The Labute approximate surface area is 128 Å². The normalized spacial score (nSPS) is 11.0. The van der Waals surface area contributed by atoms with E-state index in [0.717, 1.165) is 5.56 Å². The van der Waals surface area contributed by atoms with Crippen molar-refractivity contribution in [2.75, 3.05) is 6.61 Å². The Morgan fingerprint density at radius 2 is 1.68 bits per heavy atom. The molecule has 0 amide bonds. The maximum Gasteiger partial charge on any atom is 0.331 e. The summed E-state index contributed by atoms with van der Waals surface area (Å²) in [6.45, 7) is 2.03. The highest BCUT2D eigenvalue weighted by Gasteiger charge is 2.10. The predicted molar refractivity (Wildman–Crippen MR) is 83.3 cm³/mol. The summed E-state index contributed by atoms with van der Waals surface area (Å²) in [7, 11) is 0. The van der Waals surface area contributed by atoms with Gasteiger partial charge < -0.3 is 4.74 Å². The highest BCUT2D eigenvalue weighted by atomic mass is 16.6. The molecule has 0 saturated heterocycles. The van der Waals surface area contributed by atoms with E-state index in [2.05, 4.69) is 0 Å². The SMILES string of the molecule is CCOC(=O)C=C(c1ccccc1)c1ccc([N+](=O)[O-])cc1. The second-order valence-corrected chi connectivity index (χ2v) is 4.48. The van der Waals surface area contributed by atoms with Crippen molar-refractivity contribution in [3.05, 3.63) is 81.9 Å². The molecule has 0 aliphatic rings. The van der Waals surface area contributed by atoms with Gasteiger partial charge in [-0.05, 0) is 35.8 Å². The smallest absolute Gasteiger partial charge is 0.331 e. The fourth-order valence-corrected chi connectivity index (χ4v) is 2.02. The van der Waals surface area contributed by atoms with Crippen molar-refractivity contribution in [3.63, 3.8) is 0 Å². The van der Waals surface area contributed by atoms with Crippen molar-refractivity contribution in [3.8, 4) is 0 Å². The third kappa shape index (κ3) is 3.79. The predicted octanol–water partition coefficient (Wildman–Crippen LogP) is 3.59. The Hall–Kier alpha value is -2.95. The highest BCUT2D eigenvalue weighted by molar-refractivity contribution is 5.96. The van der Waals surface area contributed by atoms with Crippen molar-refractivity contribution in [1.82, 2.24) is 0 Å². The summed E-state index contributed by atoms with van der Waals surface area (Å²) in [4.78, 5) is 22.0. The van der Waals surface area contributed by atoms with Crippen LogP contribution in [0.4, 0.5) is 5.69 Å². The zero-order valence-electron chi connectivity index (χ0n) is 12.1. The van der Waals surface area contributed by atoms with E-state index >= 15 is 0 Å². The van der Waals surface area contributed by atoms with Gasteiger partial charge in [-0.1, -0.05) is 30.3 Å². The van der Waals surface area contributed by atoms with E-state index in [1.807, 2.05) is 30.3 Å². The van der Waals surface area contributed by atoms with Gasteiger partial charge in [0.05, 0.1) is 11.5 Å². The molecule has 0 unspecified atom stereocenters. The molecule has 0 aromatic heterocycles. The van der Waals surface area contributed by atoms with Gasteiger partial charge >= 0.3 is 5.97 Å². The lowest BCUT2D eigenvalue weighted by molar-refractivity contribution is -0.384. The monoisotopic (exact) mass is 297 g/mol. The summed E-state index contributed by atoms with van der Waals surface area (Å²) in [5.41, 5.74) is 2.22. The minimum absolute atomic E-state index is 0.00676. The molecule has 0 radical (unpaired) electrons. The van der Waals surface area contributed by atoms with Crippen LogP contribution >= 0.6 is 0 Å². The average Bonchev–Trinajstić information content (AvgIpc) is 2.54. The molecule has 0 N–H and O–H groups in total. The number of esters is 1. The van der Waals surface area contributed by atoms with Crippen LogP contribution in [-0.2, 0) is 9.53 Å². The van der Waals surface area contributed by atoms with Crippen LogP contribution in [0, 0.1) is 10.1 Å². The van der Waals surface area contributed by atoms with Crippen molar-refractivity contribution in [1.29, 1.82) is 0 Å². The van der Waals surface area contributed by atoms with Crippen molar-refractivity contribution < 1.29 is 14.5 Å². The molecule has 0 aliphatic carbocycles. The molecule has 0 fully saturated rings. The van der Waals surface area contributed by atoms with Crippen molar-refractivity contribution in [2.45, 2.75) is 6.92 Å². The largest absolute Gasteiger partial charge is 0.463 e. The first-order valence-electron chi connectivity index (χ1n) is 6.80. The fourth-order valence-electron chi connectivity index (χ4n) is 2.02. The summed E-state index contributed by atoms with van der Waals surface area (Å²) in [5.74, 6) is -0.445. The Morgan fingerprint density at radius 1 is 1.09 bits per heavy atom. The number of benzene rings is 2. The van der Waals surface area contributed by atoms with E-state index in [1.54, 1.807) is 19.1 Å². The van der Waals surface area contributed by atoms with E-state index in [9.17, 15) is 14.9 Å². The number of nitro benzene ring substituents is 1. The summed E-state index contributed by atoms with van der Waals surface area (Å²) >= 11 is 0. The molecule has 5 heteroatoms. The van der Waals surface area contributed by atoms with Crippen LogP contribution in [0.25, 0.3) is 5.57 Å². The van der Waals surface area contributed by atoms with Crippen molar-refractivity contribution >= 4 is 17.2 Å². The van der Waals surface area contributed by atoms with E-state index in [4.69, 9.17) is 4.74 Å². The minimum atomic E-state index is -0.457. The maximum absolute atomic E-state index is 11.8. The molecule has 5 nitrogen and oxygen atoms in total. The Kier molecular flexibility index (Phi) is 5.03. The van der Waals surface area contributed by atoms with Gasteiger partial charge in [0.1, 0.15) is 0 Å². The van der Waals surface area contributed by atoms with E-state index in [1.165, 1.54) is 18.2 Å². The number of rotatable bonds is 5. The van der Waals surface area contributed by atoms with E-state index < -0.39 is 10.9 Å². The summed E-state index contributed by atoms with van der Waals surface area (Å²) in [5, 5.41) is 10.7. The number of carbonyl (C=O) groups is 1. The van der Waals surface area contributed by atoms with Crippen LogP contribution < -0.4 is 0 Å². The maximum atomic E-state index is 11.8. The molecule has 0 saturated carbocycles. The zero-order valence-corrected chi connectivity index (χ0v) is 12.1. The lowest BCUT2D eigenvalue weighted by Crippen LogP contribution is -2.02. The summed E-state index contributed by atoms with van der Waals surface area (Å²) < 4.78 is 4.95. The average molecular weight is 297 g/mol. The lowest BCUT2D eigenvalue weighted by Gasteiger charge is -2.08. The molecule has 0 aliphatic heterocycles. The molecule has 2 aromatic carbocycles. The van der Waals surface area contributed by atoms with E-state index in [-0.39, 0.29) is 12.3 Å². The number of hydrogen-bond donors (Lipinski definition) is 0. The van der Waals surface area contributed by atoms with Gasteiger partial charge in [-0.3, -0.25) is 10.1 Å². The molecular weight excluding hydrogens is 282 g/mol. The second kappa shape index (κ2) is 7.17. The van der Waals surface area contributed by atoms with Gasteiger partial charge in [-0.15, -0.1) is 0 Å². The van der Waals surface area contributed by atoms with Gasteiger partial charge in [0.25, 0.3) is 5.69 Å². The van der Waals surface area contributed by atoms with Crippen LogP contribution in [0.15, 0.2) is 60.7 Å². The standard InChI is InChI=1S/C17H15NO4/c1-2-22-17(19)12-16(13-6-4-3-5-7-13)14-8-10-15(11-9-14)18(20)21/h3-12H,2H2,1H3. The van der Waals surface area contributed by atoms with Crippen molar-refractivity contribution in [2.24, 2.45) is 0 Å². The molecule has 2 rings (SSSR count). The molecule has 0 bridgehead atoms. The van der Waals surface area contributed by atoms with Gasteiger partial charge in [0, 0.05) is 18.2 Å². The molecule has 0 atom stereocenters. The summed E-state index contributed by atoms with van der Waals surface area (Å²) in [6, 6.07) is 15.4. The van der Waals surface area contributed by atoms with Gasteiger partial charge in [-0.25, -0.2) is 4.79 Å². The highest BCUT2D eigenvalue weighted by Crippen LogP contribution is 2.25. The molecular formula is C17H15NO4. The first-order chi connectivity index (χ1) is 10.6. The van der Waals surface area contributed by atoms with Crippen LogP contribution in [0.1, 0.15) is 18.1 Å². The van der Waals surface area contributed by atoms with Gasteiger partial charge in [-0.2, -0.15) is 0 Å². The number of non-ortho nitro benzene ring substituents is 1. The Bertz CT molecular complexity index is 690. The zero-order chi connectivity index (χ0) is 15.9. The van der Waals surface area contributed by atoms with Crippen LogP contribution in [0.5, 0.6) is 0 Å². The first-order valence-corrected chi connectivity index (χ1v) is 6.80. The third-order valence-corrected chi connectivity index (χ3v) is 3.02. The van der Waals surface area contributed by atoms with Gasteiger partial charge in [0.2, 0.25) is 0 Å². The number of carbonyl (C=O) groups excluding carboxylic acids is 1. The van der Waals surface area contributed by atoms with Crippen LogP contribution in [0.2, 0.25) is 0 Å². The topological polar surface area (TPSA) is 69.4 Å². The molecule has 0 spiro atoms. The van der Waals surface area contributed by atoms with Gasteiger partial charge in [0.15, 0.2) is 0 Å². The second-order valence-electron chi connectivity index (χ2n) is 4.48. The number of ether oxygens (including phenoxy) is 1. The quantitative estimate of drug-likeness (QED) is 0.366. The molecule has 0 heterocycles. The van der Waals surface area contributed by atoms with E-state index in [0.29, 0.717) is 11.1 Å². The number of hydrogen-bond acceptors (Lipinski definition) is 4. The molecule has 112 valence electrons.